The number of aromatic nitrogens is 2. The summed E-state index contributed by atoms with van der Waals surface area (Å²) < 4.78 is 0. The monoisotopic (exact) mass is 370 g/mol. The molecule has 6 nitrogen and oxygen atoms in total. The molecule has 1 aromatic heterocycles. The number of rotatable bonds is 4. The number of nitrogens with zero attached hydrogens (tertiary/aromatic N) is 1. The number of aromatic amines is 1. The van der Waals surface area contributed by atoms with Crippen LogP contribution in [-0.2, 0) is 11.2 Å². The van der Waals surface area contributed by atoms with Crippen LogP contribution in [0.1, 0.15) is 15.9 Å². The molecule has 138 valence electrons. The number of imidazole rings is 1. The van der Waals surface area contributed by atoms with Crippen molar-refractivity contribution in [1.29, 1.82) is 0 Å². The zero-order valence-corrected chi connectivity index (χ0v) is 15.0. The molecule has 0 unspecified atom stereocenters. The first kappa shape index (κ1) is 17.5. The smallest absolute Gasteiger partial charge is 0.270 e. The van der Waals surface area contributed by atoms with Gasteiger partial charge in [0.1, 0.15) is 5.82 Å². The summed E-state index contributed by atoms with van der Waals surface area (Å²) >= 11 is 0. The molecule has 3 N–H and O–H groups in total. The standard InChI is InChI=1S/C22H18N4O2/c27-20(14-15-8-2-1-3-9-15)25-26-22(28)17-11-5-4-10-16(17)21-23-18-12-6-7-13-19(18)24-21/h1-13H,14H2,(H,23,24)(H,25,27)(H,26,28). The lowest BCUT2D eigenvalue weighted by molar-refractivity contribution is -0.121. The minimum atomic E-state index is -0.405. The third-order valence-corrected chi connectivity index (χ3v) is 4.34. The molecule has 0 atom stereocenters. The van der Waals surface area contributed by atoms with Crippen molar-refractivity contribution in [3.63, 3.8) is 0 Å². The van der Waals surface area contributed by atoms with Gasteiger partial charge in [0.25, 0.3) is 5.91 Å². The molecule has 3 aromatic carbocycles. The van der Waals surface area contributed by atoms with E-state index in [0.29, 0.717) is 17.0 Å². The van der Waals surface area contributed by atoms with Crippen LogP contribution in [0.25, 0.3) is 22.4 Å². The first-order chi connectivity index (χ1) is 13.7. The largest absolute Gasteiger partial charge is 0.338 e. The van der Waals surface area contributed by atoms with E-state index < -0.39 is 5.91 Å². The number of amides is 2. The molecule has 0 aliphatic rings. The molecule has 28 heavy (non-hydrogen) atoms. The lowest BCUT2D eigenvalue weighted by Crippen LogP contribution is -2.42. The number of benzene rings is 3. The first-order valence-corrected chi connectivity index (χ1v) is 8.88. The molecule has 0 fully saturated rings. The molecule has 0 saturated heterocycles. The van der Waals surface area contributed by atoms with Gasteiger partial charge in [-0.2, -0.15) is 0 Å². The average Bonchev–Trinajstić information content (AvgIpc) is 3.17. The molecule has 0 radical (unpaired) electrons. The molecule has 6 heteroatoms. The number of H-pyrrole nitrogens is 1. The number of nitrogens with one attached hydrogen (secondary N) is 3. The Morgan fingerprint density at radius 2 is 1.54 bits per heavy atom. The van der Waals surface area contributed by atoms with Crippen LogP contribution >= 0.6 is 0 Å². The fourth-order valence-corrected chi connectivity index (χ4v) is 2.99. The molecule has 4 aromatic rings. The summed E-state index contributed by atoms with van der Waals surface area (Å²) in [5.74, 6) is -0.0965. The second-order valence-corrected chi connectivity index (χ2v) is 6.31. The van der Waals surface area contributed by atoms with E-state index in [2.05, 4.69) is 20.8 Å². The van der Waals surface area contributed by atoms with Crippen LogP contribution in [0.15, 0.2) is 78.9 Å². The number of carbonyl (C=O) groups is 2. The summed E-state index contributed by atoms with van der Waals surface area (Å²) in [5, 5.41) is 0. The number of hydrogen-bond donors (Lipinski definition) is 3. The highest BCUT2D eigenvalue weighted by Gasteiger charge is 2.15. The van der Waals surface area contributed by atoms with E-state index in [1.807, 2.05) is 66.7 Å². The van der Waals surface area contributed by atoms with Crippen LogP contribution in [0.2, 0.25) is 0 Å². The molecular weight excluding hydrogens is 352 g/mol. The summed E-state index contributed by atoms with van der Waals surface area (Å²) in [6, 6.07) is 24.1. The van der Waals surface area contributed by atoms with E-state index in [4.69, 9.17) is 0 Å². The van der Waals surface area contributed by atoms with Crippen molar-refractivity contribution < 1.29 is 9.59 Å². The van der Waals surface area contributed by atoms with Crippen LogP contribution in [0, 0.1) is 0 Å². The Morgan fingerprint density at radius 1 is 0.821 bits per heavy atom. The van der Waals surface area contributed by atoms with Gasteiger partial charge in [0.15, 0.2) is 0 Å². The molecule has 0 aliphatic heterocycles. The van der Waals surface area contributed by atoms with E-state index >= 15 is 0 Å². The van der Waals surface area contributed by atoms with Crippen LogP contribution < -0.4 is 10.9 Å². The van der Waals surface area contributed by atoms with Crippen molar-refractivity contribution in [2.24, 2.45) is 0 Å². The van der Waals surface area contributed by atoms with E-state index in [1.165, 1.54) is 0 Å². The highest BCUT2D eigenvalue weighted by atomic mass is 16.2. The van der Waals surface area contributed by atoms with Gasteiger partial charge < -0.3 is 4.98 Å². The van der Waals surface area contributed by atoms with Gasteiger partial charge in [-0.3, -0.25) is 20.4 Å². The molecule has 0 spiro atoms. The van der Waals surface area contributed by atoms with Gasteiger partial charge in [0.2, 0.25) is 5.91 Å². The second kappa shape index (κ2) is 7.75. The summed E-state index contributed by atoms with van der Waals surface area (Å²) in [6.07, 6.45) is 0.187. The van der Waals surface area contributed by atoms with Crippen molar-refractivity contribution in [2.75, 3.05) is 0 Å². The third-order valence-electron chi connectivity index (χ3n) is 4.34. The van der Waals surface area contributed by atoms with Crippen molar-refractivity contribution in [3.05, 3.63) is 90.0 Å². The van der Waals surface area contributed by atoms with Crippen molar-refractivity contribution in [3.8, 4) is 11.4 Å². The van der Waals surface area contributed by atoms with Crippen molar-refractivity contribution in [2.45, 2.75) is 6.42 Å². The van der Waals surface area contributed by atoms with Gasteiger partial charge in [-0.1, -0.05) is 60.7 Å². The van der Waals surface area contributed by atoms with Crippen LogP contribution in [0.5, 0.6) is 0 Å². The fourth-order valence-electron chi connectivity index (χ4n) is 2.99. The van der Waals surface area contributed by atoms with E-state index in [0.717, 1.165) is 16.6 Å². The quantitative estimate of drug-likeness (QED) is 0.482. The summed E-state index contributed by atoms with van der Waals surface area (Å²) in [5.41, 5.74) is 8.61. The average molecular weight is 370 g/mol. The Kier molecular flexibility index (Phi) is 4.84. The van der Waals surface area contributed by atoms with Gasteiger partial charge in [0, 0.05) is 5.56 Å². The van der Waals surface area contributed by atoms with Crippen LogP contribution in [-0.4, -0.2) is 21.8 Å². The predicted octanol–water partition coefficient (Wildman–Crippen LogP) is 3.23. The Morgan fingerprint density at radius 3 is 2.36 bits per heavy atom. The molecular formula is C22H18N4O2. The fraction of sp³-hybridized carbons (Fsp3) is 0.0455. The predicted molar refractivity (Wildman–Crippen MR) is 107 cm³/mol. The molecule has 4 rings (SSSR count). The summed E-state index contributed by atoms with van der Waals surface area (Å²) in [4.78, 5) is 32.5. The van der Waals surface area contributed by atoms with Crippen molar-refractivity contribution in [1.82, 2.24) is 20.8 Å². The Hall–Kier alpha value is -3.93. The minimum Gasteiger partial charge on any atom is -0.338 e. The lowest BCUT2D eigenvalue weighted by Gasteiger charge is -2.10. The van der Waals surface area contributed by atoms with Crippen LogP contribution in [0.3, 0.4) is 0 Å². The Bertz CT molecular complexity index is 1100. The van der Waals surface area contributed by atoms with Gasteiger partial charge >= 0.3 is 0 Å². The number of fused-ring (bicyclic) bond motifs is 1. The second-order valence-electron chi connectivity index (χ2n) is 6.31. The lowest BCUT2D eigenvalue weighted by atomic mass is 10.1. The normalized spacial score (nSPS) is 10.6. The van der Waals surface area contributed by atoms with Gasteiger partial charge in [-0.25, -0.2) is 4.98 Å². The number of carbonyl (C=O) groups excluding carboxylic acids is 2. The van der Waals surface area contributed by atoms with Crippen LogP contribution in [0.4, 0.5) is 0 Å². The summed E-state index contributed by atoms with van der Waals surface area (Å²) in [6.45, 7) is 0. The minimum absolute atomic E-state index is 0.187. The molecule has 0 saturated carbocycles. The Labute approximate surface area is 161 Å². The highest BCUT2D eigenvalue weighted by Crippen LogP contribution is 2.23. The maximum absolute atomic E-state index is 12.6. The van der Waals surface area contributed by atoms with Gasteiger partial charge in [-0.05, 0) is 23.8 Å². The zero-order chi connectivity index (χ0) is 19.3. The van der Waals surface area contributed by atoms with E-state index in [9.17, 15) is 9.59 Å². The highest BCUT2D eigenvalue weighted by molar-refractivity contribution is 6.01. The molecule has 0 bridgehead atoms. The molecule has 2 amide bonds. The van der Waals surface area contributed by atoms with E-state index in [-0.39, 0.29) is 12.3 Å². The maximum Gasteiger partial charge on any atom is 0.270 e. The number of hydrogen-bond acceptors (Lipinski definition) is 3. The third kappa shape index (κ3) is 3.76. The van der Waals surface area contributed by atoms with Gasteiger partial charge in [-0.15, -0.1) is 0 Å². The van der Waals surface area contributed by atoms with Gasteiger partial charge in [0.05, 0.1) is 23.0 Å². The zero-order valence-electron chi connectivity index (χ0n) is 15.0. The maximum atomic E-state index is 12.6. The van der Waals surface area contributed by atoms with Crippen molar-refractivity contribution >= 4 is 22.8 Å². The number of para-hydroxylation sites is 2. The molecule has 1 heterocycles. The number of hydrazine groups is 1. The SMILES string of the molecule is O=C(Cc1ccccc1)NNC(=O)c1ccccc1-c1nc2ccccc2[nH]1. The summed E-state index contributed by atoms with van der Waals surface area (Å²) in [7, 11) is 0. The topological polar surface area (TPSA) is 86.9 Å². The van der Waals surface area contributed by atoms with E-state index in [1.54, 1.807) is 12.1 Å². The first-order valence-electron chi connectivity index (χ1n) is 8.88. The molecule has 0 aliphatic carbocycles. The Balaban J connectivity index is 1.50.